The first-order valence-electron chi connectivity index (χ1n) is 7.38. The van der Waals surface area contributed by atoms with Gasteiger partial charge in [0.2, 0.25) is 0 Å². The zero-order chi connectivity index (χ0) is 15.8. The molecule has 0 bridgehead atoms. The molecule has 0 aliphatic heterocycles. The highest BCUT2D eigenvalue weighted by Crippen LogP contribution is 2.32. The van der Waals surface area contributed by atoms with Crippen molar-refractivity contribution >= 4 is 23.2 Å². The van der Waals surface area contributed by atoms with Crippen LogP contribution in [0.2, 0.25) is 10.0 Å². The minimum absolute atomic E-state index is 0.160. The Morgan fingerprint density at radius 1 is 1.14 bits per heavy atom. The van der Waals surface area contributed by atoms with Gasteiger partial charge in [-0.15, -0.1) is 0 Å². The topological polar surface area (TPSA) is 41.5 Å². The molecule has 1 aromatic rings. The standard InChI is InChI=1S/C16H25Cl2NO2/c1-11(2)7-8-12(3)19-9-13(20)10-21-16-14(17)5-4-6-15(16)18/h4-6,11-13,19-20H,7-10H2,1-3H3. The van der Waals surface area contributed by atoms with E-state index in [9.17, 15) is 5.11 Å². The van der Waals surface area contributed by atoms with E-state index in [1.165, 1.54) is 6.42 Å². The van der Waals surface area contributed by atoms with Crippen LogP contribution in [0, 0.1) is 5.92 Å². The summed E-state index contributed by atoms with van der Waals surface area (Å²) in [4.78, 5) is 0. The molecule has 0 aliphatic carbocycles. The van der Waals surface area contributed by atoms with Gasteiger partial charge < -0.3 is 15.2 Å². The second-order valence-electron chi connectivity index (χ2n) is 5.80. The number of para-hydroxylation sites is 1. The zero-order valence-electron chi connectivity index (χ0n) is 12.9. The van der Waals surface area contributed by atoms with Crippen molar-refractivity contribution in [2.24, 2.45) is 5.92 Å². The average molecular weight is 334 g/mol. The number of ether oxygens (including phenoxy) is 1. The number of nitrogens with one attached hydrogen (secondary N) is 1. The van der Waals surface area contributed by atoms with Crippen LogP contribution in [0.3, 0.4) is 0 Å². The molecule has 0 amide bonds. The van der Waals surface area contributed by atoms with Gasteiger partial charge in [0.15, 0.2) is 5.75 Å². The van der Waals surface area contributed by atoms with Gasteiger partial charge in [-0.3, -0.25) is 0 Å². The lowest BCUT2D eigenvalue weighted by molar-refractivity contribution is 0.104. The summed E-state index contributed by atoms with van der Waals surface area (Å²) in [5.74, 6) is 1.12. The van der Waals surface area contributed by atoms with E-state index >= 15 is 0 Å². The first-order chi connectivity index (χ1) is 9.90. The molecule has 2 N–H and O–H groups in total. The van der Waals surface area contributed by atoms with Gasteiger partial charge >= 0.3 is 0 Å². The minimum atomic E-state index is -0.598. The molecule has 0 spiro atoms. The van der Waals surface area contributed by atoms with Crippen LogP contribution < -0.4 is 10.1 Å². The van der Waals surface area contributed by atoms with Crippen LogP contribution in [0.25, 0.3) is 0 Å². The Bertz CT molecular complexity index is 406. The summed E-state index contributed by atoms with van der Waals surface area (Å²) < 4.78 is 5.51. The maximum absolute atomic E-state index is 9.94. The summed E-state index contributed by atoms with van der Waals surface area (Å²) in [6.07, 6.45) is 1.68. The Balaban J connectivity index is 2.29. The summed E-state index contributed by atoms with van der Waals surface area (Å²) in [5.41, 5.74) is 0. The van der Waals surface area contributed by atoms with Crippen molar-refractivity contribution in [1.29, 1.82) is 0 Å². The lowest BCUT2D eigenvalue weighted by atomic mass is 10.0. The number of aliphatic hydroxyl groups excluding tert-OH is 1. The maximum atomic E-state index is 9.94. The number of halogens is 2. The lowest BCUT2D eigenvalue weighted by Gasteiger charge is -2.19. The molecule has 2 atom stereocenters. The summed E-state index contributed by atoms with van der Waals surface area (Å²) in [6.45, 7) is 7.20. The van der Waals surface area contributed by atoms with Crippen molar-refractivity contribution < 1.29 is 9.84 Å². The highest BCUT2D eigenvalue weighted by molar-refractivity contribution is 6.37. The van der Waals surface area contributed by atoms with Crippen molar-refractivity contribution in [1.82, 2.24) is 5.32 Å². The third-order valence-electron chi connectivity index (χ3n) is 3.22. The minimum Gasteiger partial charge on any atom is -0.488 e. The van der Waals surface area contributed by atoms with E-state index in [1.807, 2.05) is 0 Å². The predicted molar refractivity (Wildman–Crippen MR) is 89.5 cm³/mol. The zero-order valence-corrected chi connectivity index (χ0v) is 14.4. The largest absolute Gasteiger partial charge is 0.488 e. The van der Waals surface area contributed by atoms with Gasteiger partial charge in [0.25, 0.3) is 0 Å². The van der Waals surface area contributed by atoms with Crippen molar-refractivity contribution in [3.8, 4) is 5.75 Å². The third kappa shape index (κ3) is 7.37. The van der Waals surface area contributed by atoms with Crippen LogP contribution in [0.1, 0.15) is 33.6 Å². The maximum Gasteiger partial charge on any atom is 0.156 e. The number of hydrogen-bond donors (Lipinski definition) is 2. The molecular weight excluding hydrogens is 309 g/mol. The van der Waals surface area contributed by atoms with Gasteiger partial charge in [0.05, 0.1) is 10.0 Å². The summed E-state index contributed by atoms with van der Waals surface area (Å²) >= 11 is 12.0. The van der Waals surface area contributed by atoms with Crippen LogP contribution in [-0.2, 0) is 0 Å². The van der Waals surface area contributed by atoms with Gasteiger partial charge in [-0.25, -0.2) is 0 Å². The summed E-state index contributed by atoms with van der Waals surface area (Å²) in [7, 11) is 0. The molecule has 0 radical (unpaired) electrons. The van der Waals surface area contributed by atoms with Gasteiger partial charge in [0.1, 0.15) is 12.7 Å². The Labute approximate surface area is 137 Å². The second kappa shape index (κ2) is 9.52. The van der Waals surface area contributed by atoms with E-state index in [0.29, 0.717) is 34.3 Å². The highest BCUT2D eigenvalue weighted by Gasteiger charge is 2.11. The molecule has 0 heterocycles. The van der Waals surface area contributed by atoms with Gasteiger partial charge in [0, 0.05) is 12.6 Å². The van der Waals surface area contributed by atoms with Crippen molar-refractivity contribution in [2.75, 3.05) is 13.2 Å². The van der Waals surface area contributed by atoms with E-state index in [1.54, 1.807) is 18.2 Å². The van der Waals surface area contributed by atoms with Crippen LogP contribution in [0.4, 0.5) is 0 Å². The quantitative estimate of drug-likeness (QED) is 0.713. The van der Waals surface area contributed by atoms with Crippen LogP contribution in [-0.4, -0.2) is 30.4 Å². The normalized spacial score (nSPS) is 14.2. The number of rotatable bonds is 9. The molecule has 1 rings (SSSR count). The Morgan fingerprint density at radius 3 is 2.33 bits per heavy atom. The molecule has 2 unspecified atom stereocenters. The predicted octanol–water partition coefficient (Wildman–Crippen LogP) is 4.15. The summed E-state index contributed by atoms with van der Waals surface area (Å²) in [5, 5.41) is 14.2. The van der Waals surface area contributed by atoms with Gasteiger partial charge in [-0.05, 0) is 37.8 Å². The van der Waals surface area contributed by atoms with Crippen LogP contribution >= 0.6 is 23.2 Å². The van der Waals surface area contributed by atoms with Crippen molar-refractivity contribution in [3.05, 3.63) is 28.2 Å². The van der Waals surface area contributed by atoms with Crippen molar-refractivity contribution in [3.63, 3.8) is 0 Å². The average Bonchev–Trinajstić information content (AvgIpc) is 2.42. The molecule has 0 saturated heterocycles. The molecule has 0 fully saturated rings. The molecule has 120 valence electrons. The molecule has 5 heteroatoms. The van der Waals surface area contributed by atoms with Gasteiger partial charge in [-0.1, -0.05) is 43.1 Å². The Kier molecular flexibility index (Phi) is 8.42. The monoisotopic (exact) mass is 333 g/mol. The molecular formula is C16H25Cl2NO2. The smallest absolute Gasteiger partial charge is 0.156 e. The fraction of sp³-hybridized carbons (Fsp3) is 0.625. The molecule has 21 heavy (non-hydrogen) atoms. The highest BCUT2D eigenvalue weighted by atomic mass is 35.5. The Hall–Kier alpha value is -0.480. The van der Waals surface area contributed by atoms with E-state index in [-0.39, 0.29) is 6.61 Å². The second-order valence-corrected chi connectivity index (χ2v) is 6.61. The SMILES string of the molecule is CC(C)CCC(C)NCC(O)COc1c(Cl)cccc1Cl. The first-order valence-corrected chi connectivity index (χ1v) is 8.14. The number of hydrogen-bond acceptors (Lipinski definition) is 3. The molecule has 0 aliphatic rings. The van der Waals surface area contributed by atoms with Crippen molar-refractivity contribution in [2.45, 2.75) is 45.8 Å². The van der Waals surface area contributed by atoms with E-state index in [0.717, 1.165) is 6.42 Å². The van der Waals surface area contributed by atoms with Gasteiger partial charge in [-0.2, -0.15) is 0 Å². The lowest BCUT2D eigenvalue weighted by Crippen LogP contribution is -2.36. The molecule has 3 nitrogen and oxygen atoms in total. The fourth-order valence-corrected chi connectivity index (χ4v) is 2.39. The van der Waals surface area contributed by atoms with E-state index in [4.69, 9.17) is 27.9 Å². The number of benzene rings is 1. The summed E-state index contributed by atoms with van der Waals surface area (Å²) in [6, 6.07) is 5.56. The molecule has 0 aromatic heterocycles. The third-order valence-corrected chi connectivity index (χ3v) is 3.81. The van der Waals surface area contributed by atoms with E-state index < -0.39 is 6.10 Å². The molecule has 0 saturated carbocycles. The number of aliphatic hydroxyl groups is 1. The fourth-order valence-electron chi connectivity index (χ4n) is 1.88. The molecule has 1 aromatic carbocycles. The van der Waals surface area contributed by atoms with E-state index in [2.05, 4.69) is 26.1 Å². The first kappa shape index (κ1) is 18.6. The Morgan fingerprint density at radius 2 is 1.76 bits per heavy atom. The van der Waals surface area contributed by atoms with Crippen LogP contribution in [0.5, 0.6) is 5.75 Å². The van der Waals surface area contributed by atoms with Crippen LogP contribution in [0.15, 0.2) is 18.2 Å².